The molecule has 0 bridgehead atoms. The molecule has 0 aliphatic carbocycles. The molecule has 10 heteroatoms. The number of unbranched alkanes of at least 4 members (excludes halogenated alkanes) is 19. The predicted octanol–water partition coefficient (Wildman–Crippen LogP) is 21.0. The molecule has 0 fully saturated rings. The van der Waals surface area contributed by atoms with Crippen LogP contribution in [0.3, 0.4) is 0 Å². The summed E-state index contributed by atoms with van der Waals surface area (Å²) in [6.45, 7) is 4.06. The van der Waals surface area contributed by atoms with E-state index >= 15 is 0 Å². The average molecular weight is 1180 g/mol. The van der Waals surface area contributed by atoms with Crippen LogP contribution in [0.5, 0.6) is 0 Å². The smallest absolute Gasteiger partial charge is 0.306 e. The fourth-order valence-electron chi connectivity index (χ4n) is 8.46. The lowest BCUT2D eigenvalue weighted by molar-refractivity contribution is -0.870. The molecule has 84 heavy (non-hydrogen) atoms. The van der Waals surface area contributed by atoms with Crippen LogP contribution in [0.25, 0.3) is 0 Å². The molecule has 0 spiro atoms. The molecule has 0 aliphatic heterocycles. The van der Waals surface area contributed by atoms with Crippen molar-refractivity contribution in [3.05, 3.63) is 158 Å². The van der Waals surface area contributed by atoms with Gasteiger partial charge in [0.15, 0.2) is 6.10 Å². The number of esters is 2. The number of rotatable bonds is 59. The first-order valence-corrected chi connectivity index (χ1v) is 34.7. The molecule has 0 aliphatic rings. The molecule has 0 amide bonds. The minimum atomic E-state index is -4.66. The SMILES string of the molecule is CC/C=C\C/C=C\C/C=C\C/C=C\C/C=C\C/C=C\C/C=C\C/C=C\C/C=C\C/C=C\C/C=C\C/C=C\CCCCC(=O)OC(COC(=O)CCCCCCCCCCC/C=C\CCCCCCCCCC)COP(=O)([O-])OCC[N+](C)(C)C. The second kappa shape index (κ2) is 63.1. The van der Waals surface area contributed by atoms with E-state index in [0.717, 1.165) is 109 Å². The summed E-state index contributed by atoms with van der Waals surface area (Å²) < 4.78 is 34.2. The Morgan fingerprint density at radius 1 is 0.381 bits per heavy atom. The molecule has 476 valence electrons. The van der Waals surface area contributed by atoms with Crippen LogP contribution in [0.2, 0.25) is 0 Å². The minimum absolute atomic E-state index is 0.0477. The zero-order valence-corrected chi connectivity index (χ0v) is 54.9. The summed E-state index contributed by atoms with van der Waals surface area (Å²) in [5.41, 5.74) is 0. The highest BCUT2D eigenvalue weighted by atomic mass is 31.2. The highest BCUT2D eigenvalue weighted by molar-refractivity contribution is 7.45. The zero-order valence-electron chi connectivity index (χ0n) is 54.0. The highest BCUT2D eigenvalue weighted by Crippen LogP contribution is 2.38. The van der Waals surface area contributed by atoms with E-state index in [0.29, 0.717) is 23.9 Å². The van der Waals surface area contributed by atoms with Gasteiger partial charge in [0.1, 0.15) is 19.8 Å². The third-order valence-corrected chi connectivity index (χ3v) is 14.5. The second-order valence-corrected chi connectivity index (χ2v) is 24.2. The lowest BCUT2D eigenvalue weighted by Gasteiger charge is -2.28. The topological polar surface area (TPSA) is 111 Å². The van der Waals surface area contributed by atoms with Crippen molar-refractivity contribution >= 4 is 19.8 Å². The Labute approximate surface area is 516 Å². The molecular formula is C74H122NO8P. The standard InChI is InChI=1S/C74H122NO8P/c1-6-8-10-12-14-16-18-20-22-24-26-28-29-30-31-32-33-34-35-36-37-38-39-40-41-42-43-44-45-47-49-51-53-55-57-59-61-63-65-67-74(77)83-72(71-82-84(78,79)81-69-68-75(3,4)5)70-80-73(76)66-64-62-60-58-56-54-52-50-48-46-27-25-23-21-19-17-15-13-11-9-7-2/h8,10,14,16,20,22,25-28,30-31,33-34,36-37,39-40,42-43,45,47,51,53,57,59,72H,6-7,9,11-13,15,17-19,21,23-24,29,32,35,38,41,44,46,48-50,52,54-56,58,60-71H2,1-5H3/b10-8-,16-14-,22-20-,27-25-,28-26-,31-30-,34-33-,37-36-,40-39-,43-42-,47-45-,53-51-,59-57-. The Kier molecular flexibility index (Phi) is 59.9. The van der Waals surface area contributed by atoms with Gasteiger partial charge in [0.25, 0.3) is 7.82 Å². The molecule has 2 unspecified atom stereocenters. The summed E-state index contributed by atoms with van der Waals surface area (Å²) in [5.74, 6) is -0.895. The fourth-order valence-corrected chi connectivity index (χ4v) is 9.18. The van der Waals surface area contributed by atoms with Gasteiger partial charge in [0.2, 0.25) is 0 Å². The number of allylic oxidation sites excluding steroid dienone is 26. The number of ether oxygens (including phenoxy) is 2. The van der Waals surface area contributed by atoms with Crippen LogP contribution in [0.1, 0.15) is 245 Å². The normalized spacial score (nSPS) is 14.2. The number of hydrogen-bond donors (Lipinski definition) is 0. The van der Waals surface area contributed by atoms with Crippen molar-refractivity contribution in [2.45, 2.75) is 251 Å². The lowest BCUT2D eigenvalue weighted by Crippen LogP contribution is -2.37. The number of carbonyl (C=O) groups excluding carboxylic acids is 2. The Bertz CT molecular complexity index is 1970. The van der Waals surface area contributed by atoms with Crippen LogP contribution >= 0.6 is 7.82 Å². The largest absolute Gasteiger partial charge is 0.756 e. The van der Waals surface area contributed by atoms with E-state index in [1.807, 2.05) is 21.1 Å². The molecule has 0 N–H and O–H groups in total. The van der Waals surface area contributed by atoms with Crippen LogP contribution < -0.4 is 4.89 Å². The van der Waals surface area contributed by atoms with Crippen molar-refractivity contribution in [3.63, 3.8) is 0 Å². The number of phosphoric ester groups is 1. The van der Waals surface area contributed by atoms with Crippen molar-refractivity contribution in [1.82, 2.24) is 0 Å². The summed E-state index contributed by atoms with van der Waals surface area (Å²) in [4.78, 5) is 38.0. The van der Waals surface area contributed by atoms with E-state index in [1.165, 1.54) is 96.3 Å². The number of nitrogens with zero attached hydrogens (tertiary/aromatic N) is 1. The molecule has 0 heterocycles. The van der Waals surface area contributed by atoms with E-state index < -0.39 is 32.5 Å². The van der Waals surface area contributed by atoms with Crippen LogP contribution in [0.15, 0.2) is 158 Å². The van der Waals surface area contributed by atoms with Crippen molar-refractivity contribution in [2.75, 3.05) is 47.5 Å². The molecule has 2 atom stereocenters. The number of carbonyl (C=O) groups is 2. The maximum absolute atomic E-state index is 12.8. The van der Waals surface area contributed by atoms with Gasteiger partial charge in [0, 0.05) is 12.8 Å². The minimum Gasteiger partial charge on any atom is -0.756 e. The molecule has 9 nitrogen and oxygen atoms in total. The number of quaternary nitrogens is 1. The van der Waals surface area contributed by atoms with Crippen LogP contribution in [-0.4, -0.2) is 70.0 Å². The first-order chi connectivity index (χ1) is 41.0. The molecule has 0 rings (SSSR count). The molecule has 0 aromatic rings. The highest BCUT2D eigenvalue weighted by Gasteiger charge is 2.22. The molecule has 0 aromatic carbocycles. The number of likely N-dealkylation sites (N-methyl/N-ethyl adjacent to an activating group) is 1. The molecule has 0 saturated carbocycles. The predicted molar refractivity (Wildman–Crippen MR) is 360 cm³/mol. The third kappa shape index (κ3) is 66.8. The maximum atomic E-state index is 12.8. The fraction of sp³-hybridized carbons (Fsp3) is 0.622. The lowest BCUT2D eigenvalue weighted by atomic mass is 10.1. The average Bonchev–Trinajstić information content (AvgIpc) is 3.61. The molecular weight excluding hydrogens is 1060 g/mol. The van der Waals surface area contributed by atoms with Gasteiger partial charge in [-0.1, -0.05) is 262 Å². The maximum Gasteiger partial charge on any atom is 0.306 e. The van der Waals surface area contributed by atoms with Gasteiger partial charge >= 0.3 is 11.9 Å². The summed E-state index contributed by atoms with van der Waals surface area (Å²) in [5, 5.41) is 0. The molecule has 0 radical (unpaired) electrons. The van der Waals surface area contributed by atoms with Gasteiger partial charge in [0.05, 0.1) is 27.7 Å². The molecule has 0 saturated heterocycles. The quantitative estimate of drug-likeness (QED) is 0.0195. The first kappa shape index (κ1) is 79.6. The summed E-state index contributed by atoms with van der Waals surface area (Å²) in [6.07, 6.45) is 94.6. The number of phosphoric acid groups is 1. The van der Waals surface area contributed by atoms with E-state index in [9.17, 15) is 19.0 Å². The van der Waals surface area contributed by atoms with E-state index in [-0.39, 0.29) is 26.1 Å². The van der Waals surface area contributed by atoms with Crippen molar-refractivity contribution in [3.8, 4) is 0 Å². The Hall–Kier alpha value is -4.37. The second-order valence-electron chi connectivity index (χ2n) is 22.7. The summed E-state index contributed by atoms with van der Waals surface area (Å²) in [7, 11) is 1.12. The third-order valence-electron chi connectivity index (χ3n) is 13.5. The van der Waals surface area contributed by atoms with Crippen LogP contribution in [-0.2, 0) is 32.7 Å². The monoisotopic (exact) mass is 1180 g/mol. The van der Waals surface area contributed by atoms with Gasteiger partial charge in [-0.15, -0.1) is 0 Å². The Morgan fingerprint density at radius 3 is 1.05 bits per heavy atom. The van der Waals surface area contributed by atoms with Crippen molar-refractivity contribution in [2.24, 2.45) is 0 Å². The van der Waals surface area contributed by atoms with Crippen LogP contribution in [0, 0.1) is 0 Å². The van der Waals surface area contributed by atoms with Crippen molar-refractivity contribution < 1.29 is 42.1 Å². The summed E-state index contributed by atoms with van der Waals surface area (Å²) >= 11 is 0. The first-order valence-electron chi connectivity index (χ1n) is 33.2. The molecule has 0 aromatic heterocycles. The van der Waals surface area contributed by atoms with Gasteiger partial charge in [-0.2, -0.15) is 0 Å². The van der Waals surface area contributed by atoms with Gasteiger partial charge in [-0.05, 0) is 128 Å². The van der Waals surface area contributed by atoms with E-state index in [1.54, 1.807) is 0 Å². The van der Waals surface area contributed by atoms with Crippen molar-refractivity contribution in [1.29, 1.82) is 0 Å². The van der Waals surface area contributed by atoms with Gasteiger partial charge in [-0.3, -0.25) is 14.2 Å². The van der Waals surface area contributed by atoms with Crippen LogP contribution in [0.4, 0.5) is 0 Å². The Morgan fingerprint density at radius 2 is 0.679 bits per heavy atom. The number of hydrogen-bond acceptors (Lipinski definition) is 8. The zero-order chi connectivity index (χ0) is 61.2. The van der Waals surface area contributed by atoms with E-state index in [2.05, 4.69) is 172 Å². The summed E-state index contributed by atoms with van der Waals surface area (Å²) in [6, 6.07) is 0. The Balaban J connectivity index is 4.24. The van der Waals surface area contributed by atoms with E-state index in [4.69, 9.17) is 18.5 Å². The van der Waals surface area contributed by atoms with Gasteiger partial charge in [-0.25, -0.2) is 0 Å². The van der Waals surface area contributed by atoms with Gasteiger partial charge < -0.3 is 27.9 Å².